The number of amidine groups is 2. The van der Waals surface area contributed by atoms with Crippen molar-refractivity contribution in [3.05, 3.63) is 0 Å². The average Bonchev–Trinajstić information content (AvgIpc) is 2.68. The summed E-state index contributed by atoms with van der Waals surface area (Å²) >= 11 is 0. The molecule has 1 unspecified atom stereocenters. The van der Waals surface area contributed by atoms with Crippen LogP contribution < -0.4 is 5.73 Å². The van der Waals surface area contributed by atoms with Crippen molar-refractivity contribution >= 4 is 11.7 Å². The van der Waals surface area contributed by atoms with Crippen LogP contribution in [0.4, 0.5) is 0 Å². The Balaban J connectivity index is 2.53. The highest BCUT2D eigenvalue weighted by Crippen LogP contribution is 2.16. The molecule has 1 aliphatic rings. The van der Waals surface area contributed by atoms with Crippen molar-refractivity contribution < 1.29 is 0 Å². The van der Waals surface area contributed by atoms with Crippen LogP contribution in [0.2, 0.25) is 0 Å². The van der Waals surface area contributed by atoms with E-state index in [-0.39, 0.29) is 17.6 Å². The molecule has 60 valence electrons. The minimum absolute atomic E-state index is 0.00481. The van der Waals surface area contributed by atoms with Gasteiger partial charge < -0.3 is 5.73 Å². The summed E-state index contributed by atoms with van der Waals surface area (Å²) in [4.78, 5) is 0. The van der Waals surface area contributed by atoms with Gasteiger partial charge in [-0.25, -0.2) is 0 Å². The lowest BCUT2D eigenvalue weighted by Crippen LogP contribution is -2.32. The fourth-order valence-electron chi connectivity index (χ4n) is 0.816. The van der Waals surface area contributed by atoms with Gasteiger partial charge in [0.1, 0.15) is 5.84 Å². The first-order chi connectivity index (χ1) is 5.16. The zero-order valence-corrected chi connectivity index (χ0v) is 6.20. The minimum Gasteiger partial charge on any atom is -0.387 e. The van der Waals surface area contributed by atoms with E-state index in [1.165, 1.54) is 5.12 Å². The molecule has 0 saturated carbocycles. The van der Waals surface area contributed by atoms with E-state index in [4.69, 9.17) is 16.6 Å². The lowest BCUT2D eigenvalue weighted by molar-refractivity contribution is 0.644. The summed E-state index contributed by atoms with van der Waals surface area (Å²) in [6.45, 7) is 1.87. The van der Waals surface area contributed by atoms with Crippen molar-refractivity contribution in [3.8, 4) is 0 Å². The Kier molecular flexibility index (Phi) is 1.84. The molecule has 0 bridgehead atoms. The van der Waals surface area contributed by atoms with Crippen LogP contribution in [0.1, 0.15) is 13.3 Å². The number of nitrogens with two attached hydrogens (primary N) is 1. The molecule has 0 saturated heterocycles. The third-order valence-corrected chi connectivity index (χ3v) is 1.51. The van der Waals surface area contributed by atoms with Gasteiger partial charge in [0.2, 0.25) is 0 Å². The second-order valence-corrected chi connectivity index (χ2v) is 2.27. The van der Waals surface area contributed by atoms with Gasteiger partial charge in [0, 0.05) is 0 Å². The molecule has 6 heteroatoms. The van der Waals surface area contributed by atoms with Crippen LogP contribution in [0, 0.1) is 16.7 Å². The van der Waals surface area contributed by atoms with Crippen LogP contribution in [-0.2, 0) is 0 Å². The van der Waals surface area contributed by atoms with Crippen molar-refractivity contribution in [3.63, 3.8) is 0 Å². The summed E-state index contributed by atoms with van der Waals surface area (Å²) in [7, 11) is 0. The van der Waals surface area contributed by atoms with Crippen molar-refractivity contribution in [2.24, 2.45) is 22.1 Å². The average molecular weight is 154 g/mol. The Morgan fingerprint density at radius 2 is 2.09 bits per heavy atom. The van der Waals surface area contributed by atoms with E-state index < -0.39 is 0 Å². The molecule has 0 amide bonds. The largest absolute Gasteiger partial charge is 0.387 e. The Bertz CT molecular complexity index is 213. The van der Waals surface area contributed by atoms with E-state index in [1.807, 2.05) is 6.92 Å². The molecule has 0 radical (unpaired) electrons. The molecule has 0 aromatic rings. The predicted octanol–water partition coefficient (Wildman–Crippen LogP) is 0.524. The van der Waals surface area contributed by atoms with Crippen molar-refractivity contribution in [2.45, 2.75) is 13.3 Å². The molecule has 11 heavy (non-hydrogen) atoms. The molecular weight excluding hydrogens is 144 g/mol. The highest BCUT2D eigenvalue weighted by Gasteiger charge is 2.27. The Morgan fingerprint density at radius 3 is 2.36 bits per heavy atom. The van der Waals surface area contributed by atoms with Gasteiger partial charge in [-0.2, -0.15) is 0 Å². The smallest absolute Gasteiger partial charge is 0.157 e. The molecule has 1 atom stereocenters. The van der Waals surface area contributed by atoms with Crippen LogP contribution in [0.15, 0.2) is 10.4 Å². The van der Waals surface area contributed by atoms with Crippen LogP contribution in [-0.4, -0.2) is 16.8 Å². The molecule has 6 nitrogen and oxygen atoms in total. The quantitative estimate of drug-likeness (QED) is 0.407. The number of nitrogens with one attached hydrogen (secondary N) is 2. The first-order valence-corrected chi connectivity index (χ1v) is 3.30. The van der Waals surface area contributed by atoms with Gasteiger partial charge in [-0.1, -0.05) is 12.0 Å². The maximum Gasteiger partial charge on any atom is 0.157 e. The highest BCUT2D eigenvalue weighted by atomic mass is 15.9. The van der Waals surface area contributed by atoms with Gasteiger partial charge in [-0.05, 0) is 16.9 Å². The van der Waals surface area contributed by atoms with Crippen molar-refractivity contribution in [1.29, 1.82) is 10.8 Å². The second kappa shape index (κ2) is 2.65. The fraction of sp³-hybridized carbons (Fsp3) is 0.600. The third-order valence-electron chi connectivity index (χ3n) is 1.51. The van der Waals surface area contributed by atoms with Gasteiger partial charge in [-0.15, -0.1) is 0 Å². The first kappa shape index (κ1) is 7.64. The topological polar surface area (TPSA) is 101 Å². The summed E-state index contributed by atoms with van der Waals surface area (Å²) in [5.41, 5.74) is 5.25. The fourth-order valence-corrected chi connectivity index (χ4v) is 0.816. The number of hydrogen-bond donors (Lipinski definition) is 3. The zero-order chi connectivity index (χ0) is 8.43. The second-order valence-electron chi connectivity index (χ2n) is 2.27. The lowest BCUT2D eigenvalue weighted by atomic mass is 10.0. The molecule has 4 N–H and O–H groups in total. The van der Waals surface area contributed by atoms with Crippen molar-refractivity contribution in [2.75, 3.05) is 0 Å². The van der Waals surface area contributed by atoms with Gasteiger partial charge in [0.25, 0.3) is 0 Å². The standard InChI is InChI=1S/C5H10N6/c1-2-3(4(6)7)5(8)11-9-10-11/h3,8H,2H2,1H3,(H3,6,7). The summed E-state index contributed by atoms with van der Waals surface area (Å²) in [6, 6.07) is 0. The maximum absolute atomic E-state index is 7.41. The molecule has 0 fully saturated rings. The molecule has 1 heterocycles. The first-order valence-electron chi connectivity index (χ1n) is 3.30. The Hall–Kier alpha value is -1.46. The Labute approximate surface area is 64.1 Å². The van der Waals surface area contributed by atoms with E-state index >= 15 is 0 Å². The van der Waals surface area contributed by atoms with Gasteiger partial charge in [0.15, 0.2) is 5.84 Å². The summed E-state index contributed by atoms with van der Waals surface area (Å²) < 4.78 is 0. The van der Waals surface area contributed by atoms with E-state index in [1.54, 1.807) is 0 Å². The van der Waals surface area contributed by atoms with E-state index in [0.29, 0.717) is 6.42 Å². The number of rotatable bonds is 3. The molecule has 0 aromatic heterocycles. The molecule has 1 rings (SSSR count). The van der Waals surface area contributed by atoms with Gasteiger partial charge >= 0.3 is 0 Å². The zero-order valence-electron chi connectivity index (χ0n) is 6.20. The minimum atomic E-state index is -0.343. The van der Waals surface area contributed by atoms with Gasteiger partial charge in [-0.3, -0.25) is 10.8 Å². The predicted molar refractivity (Wildman–Crippen MR) is 40.1 cm³/mol. The van der Waals surface area contributed by atoms with Crippen LogP contribution in [0.3, 0.4) is 0 Å². The van der Waals surface area contributed by atoms with Crippen LogP contribution in [0.25, 0.3) is 0 Å². The maximum atomic E-state index is 7.41. The molecule has 0 spiro atoms. The van der Waals surface area contributed by atoms with E-state index in [0.717, 1.165) is 0 Å². The summed E-state index contributed by atoms with van der Waals surface area (Å²) in [6.07, 6.45) is 0.635. The molecule has 1 aliphatic heterocycles. The summed E-state index contributed by atoms with van der Waals surface area (Å²) in [5.74, 6) is -0.167. The lowest BCUT2D eigenvalue weighted by Gasteiger charge is -2.11. The summed E-state index contributed by atoms with van der Waals surface area (Å²) in [5, 5.41) is 22.6. The van der Waals surface area contributed by atoms with E-state index in [2.05, 4.69) is 10.4 Å². The van der Waals surface area contributed by atoms with Crippen molar-refractivity contribution in [1.82, 2.24) is 5.12 Å². The highest BCUT2D eigenvalue weighted by molar-refractivity contribution is 6.02. The molecule has 0 aromatic carbocycles. The van der Waals surface area contributed by atoms with Gasteiger partial charge in [0.05, 0.1) is 5.92 Å². The normalized spacial score (nSPS) is 16.3. The van der Waals surface area contributed by atoms with Crippen LogP contribution >= 0.6 is 0 Å². The van der Waals surface area contributed by atoms with Crippen LogP contribution in [0.5, 0.6) is 0 Å². The molecular formula is C5H10N6. The molecule has 0 aliphatic carbocycles. The third kappa shape index (κ3) is 1.51. The Morgan fingerprint density at radius 1 is 1.55 bits per heavy atom. The monoisotopic (exact) mass is 154 g/mol. The number of hydrogen-bond acceptors (Lipinski definition) is 4. The number of nitrogens with zero attached hydrogens (tertiary/aromatic N) is 3. The van der Waals surface area contributed by atoms with E-state index in [9.17, 15) is 0 Å². The SMILES string of the molecule is CCC(C(=N)N)C(=N)N1N=N1.